The van der Waals surface area contributed by atoms with Gasteiger partial charge < -0.3 is 19.5 Å². The molecule has 6 nitrogen and oxygen atoms in total. The van der Waals surface area contributed by atoms with Gasteiger partial charge in [0.2, 0.25) is 0 Å². The molecule has 0 saturated carbocycles. The first-order chi connectivity index (χ1) is 14.5. The van der Waals surface area contributed by atoms with Gasteiger partial charge >= 0.3 is 0 Å². The van der Waals surface area contributed by atoms with Crippen LogP contribution in [-0.2, 0) is 6.61 Å². The van der Waals surface area contributed by atoms with Crippen molar-refractivity contribution in [1.29, 1.82) is 0 Å². The highest BCUT2D eigenvalue weighted by atomic mass is 32.1. The van der Waals surface area contributed by atoms with Gasteiger partial charge in [0.15, 0.2) is 11.5 Å². The maximum atomic E-state index is 12.7. The minimum absolute atomic E-state index is 0.122. The van der Waals surface area contributed by atoms with Crippen LogP contribution in [0.4, 0.5) is 0 Å². The number of nitrogens with zero attached hydrogens (tertiary/aromatic N) is 1. The van der Waals surface area contributed by atoms with Gasteiger partial charge in [0, 0.05) is 10.9 Å². The number of carbonyl (C=O) groups is 1. The van der Waals surface area contributed by atoms with E-state index in [4.69, 9.17) is 14.2 Å². The van der Waals surface area contributed by atoms with Crippen LogP contribution in [0, 0.1) is 0 Å². The SMILES string of the molecule is COc1cc(C(=O)NC(C)c2ccc(OC(C)C)cc2)ccc1OCc1cscn1. The molecule has 0 spiro atoms. The molecule has 2 aromatic carbocycles. The standard InChI is InChI=1S/C23H26N2O4S/c1-15(2)29-20-8-5-17(6-9-20)16(3)25-23(26)18-7-10-21(22(11-18)27-4)28-12-19-13-30-14-24-19/h5-11,13-16H,12H2,1-4H3,(H,25,26). The highest BCUT2D eigenvalue weighted by Gasteiger charge is 2.15. The maximum absolute atomic E-state index is 12.7. The highest BCUT2D eigenvalue weighted by Crippen LogP contribution is 2.29. The number of ether oxygens (including phenoxy) is 3. The van der Waals surface area contributed by atoms with Crippen LogP contribution in [0.2, 0.25) is 0 Å². The first-order valence-electron chi connectivity index (χ1n) is 9.71. The van der Waals surface area contributed by atoms with E-state index >= 15 is 0 Å². The topological polar surface area (TPSA) is 69.7 Å². The van der Waals surface area contributed by atoms with Crippen molar-refractivity contribution in [3.63, 3.8) is 0 Å². The molecule has 30 heavy (non-hydrogen) atoms. The van der Waals surface area contributed by atoms with Crippen molar-refractivity contribution in [3.8, 4) is 17.2 Å². The molecule has 1 aromatic heterocycles. The van der Waals surface area contributed by atoms with Gasteiger partial charge in [-0.25, -0.2) is 4.98 Å². The Morgan fingerprint density at radius 3 is 2.50 bits per heavy atom. The van der Waals surface area contributed by atoms with Gasteiger partial charge in [-0.15, -0.1) is 11.3 Å². The quantitative estimate of drug-likeness (QED) is 0.521. The van der Waals surface area contributed by atoms with Crippen molar-refractivity contribution in [1.82, 2.24) is 10.3 Å². The third kappa shape index (κ3) is 5.73. The lowest BCUT2D eigenvalue weighted by molar-refractivity contribution is 0.0939. The smallest absolute Gasteiger partial charge is 0.251 e. The normalized spacial score (nSPS) is 11.8. The Morgan fingerprint density at radius 2 is 1.87 bits per heavy atom. The molecule has 158 valence electrons. The van der Waals surface area contributed by atoms with Gasteiger partial charge in [0.25, 0.3) is 5.91 Å². The summed E-state index contributed by atoms with van der Waals surface area (Å²) in [5, 5.41) is 4.94. The zero-order valence-electron chi connectivity index (χ0n) is 17.5. The lowest BCUT2D eigenvalue weighted by Gasteiger charge is -2.17. The van der Waals surface area contributed by atoms with E-state index in [9.17, 15) is 4.79 Å². The average Bonchev–Trinajstić information content (AvgIpc) is 3.25. The Labute approximate surface area is 180 Å². The number of hydrogen-bond donors (Lipinski definition) is 1. The van der Waals surface area contributed by atoms with Gasteiger partial charge in [0.1, 0.15) is 12.4 Å². The summed E-state index contributed by atoms with van der Waals surface area (Å²) in [5.41, 5.74) is 4.10. The summed E-state index contributed by atoms with van der Waals surface area (Å²) in [7, 11) is 1.55. The first-order valence-corrected chi connectivity index (χ1v) is 10.7. The van der Waals surface area contributed by atoms with Crippen LogP contribution in [0.1, 0.15) is 48.4 Å². The first kappa shape index (κ1) is 21.6. The van der Waals surface area contributed by atoms with Crippen molar-refractivity contribution < 1.29 is 19.0 Å². The molecule has 0 saturated heterocycles. The van der Waals surface area contributed by atoms with Crippen LogP contribution in [0.5, 0.6) is 17.2 Å². The summed E-state index contributed by atoms with van der Waals surface area (Å²) in [4.78, 5) is 16.9. The summed E-state index contributed by atoms with van der Waals surface area (Å²) in [5.74, 6) is 1.69. The predicted molar refractivity (Wildman–Crippen MR) is 118 cm³/mol. The minimum atomic E-state index is -0.186. The van der Waals surface area contributed by atoms with E-state index in [1.54, 1.807) is 30.8 Å². The number of aromatic nitrogens is 1. The Morgan fingerprint density at radius 1 is 1.10 bits per heavy atom. The van der Waals surface area contributed by atoms with Gasteiger partial charge in [-0.1, -0.05) is 12.1 Å². The Hall–Kier alpha value is -3.06. The van der Waals surface area contributed by atoms with E-state index in [0.29, 0.717) is 23.7 Å². The van der Waals surface area contributed by atoms with E-state index in [1.165, 1.54) is 11.3 Å². The third-order valence-electron chi connectivity index (χ3n) is 4.38. The largest absolute Gasteiger partial charge is 0.493 e. The zero-order chi connectivity index (χ0) is 21.5. The van der Waals surface area contributed by atoms with Gasteiger partial charge in [-0.2, -0.15) is 0 Å². The number of rotatable bonds is 9. The number of thiazole rings is 1. The minimum Gasteiger partial charge on any atom is -0.493 e. The fourth-order valence-electron chi connectivity index (χ4n) is 2.86. The second kappa shape index (κ2) is 10.1. The van der Waals surface area contributed by atoms with Crippen molar-refractivity contribution in [2.24, 2.45) is 0 Å². The Kier molecular flexibility index (Phi) is 7.30. The molecule has 0 fully saturated rings. The molecule has 0 aliphatic rings. The molecule has 1 atom stereocenters. The molecule has 7 heteroatoms. The molecule has 0 aliphatic heterocycles. The number of nitrogens with one attached hydrogen (secondary N) is 1. The summed E-state index contributed by atoms with van der Waals surface area (Å²) in [6, 6.07) is 12.7. The summed E-state index contributed by atoms with van der Waals surface area (Å²) < 4.78 is 16.8. The number of benzene rings is 2. The van der Waals surface area contributed by atoms with E-state index in [0.717, 1.165) is 17.0 Å². The van der Waals surface area contributed by atoms with Crippen LogP contribution in [0.15, 0.2) is 53.4 Å². The number of hydrogen-bond acceptors (Lipinski definition) is 6. The van der Waals surface area contributed by atoms with Crippen LogP contribution in [-0.4, -0.2) is 24.1 Å². The molecule has 1 unspecified atom stereocenters. The van der Waals surface area contributed by atoms with E-state index in [1.807, 2.05) is 50.4 Å². The van der Waals surface area contributed by atoms with E-state index < -0.39 is 0 Å². The van der Waals surface area contributed by atoms with Crippen molar-refractivity contribution in [2.75, 3.05) is 7.11 Å². The molecule has 3 rings (SSSR count). The molecular weight excluding hydrogens is 400 g/mol. The van der Waals surface area contributed by atoms with Crippen molar-refractivity contribution in [2.45, 2.75) is 39.5 Å². The van der Waals surface area contributed by atoms with Crippen LogP contribution in [0.25, 0.3) is 0 Å². The van der Waals surface area contributed by atoms with Gasteiger partial charge in [-0.05, 0) is 56.7 Å². The van der Waals surface area contributed by atoms with Gasteiger partial charge in [-0.3, -0.25) is 4.79 Å². The van der Waals surface area contributed by atoms with Crippen LogP contribution in [0.3, 0.4) is 0 Å². The maximum Gasteiger partial charge on any atom is 0.251 e. The third-order valence-corrected chi connectivity index (χ3v) is 5.02. The molecule has 1 amide bonds. The number of amides is 1. The van der Waals surface area contributed by atoms with E-state index in [-0.39, 0.29) is 18.1 Å². The summed E-state index contributed by atoms with van der Waals surface area (Å²) >= 11 is 1.52. The number of methoxy groups -OCH3 is 1. The van der Waals surface area contributed by atoms with E-state index in [2.05, 4.69) is 10.3 Å². The molecule has 1 N–H and O–H groups in total. The fraction of sp³-hybridized carbons (Fsp3) is 0.304. The zero-order valence-corrected chi connectivity index (χ0v) is 18.4. The molecule has 0 bridgehead atoms. The van der Waals surface area contributed by atoms with Gasteiger partial charge in [0.05, 0.1) is 30.5 Å². The molecule has 3 aromatic rings. The summed E-state index contributed by atoms with van der Waals surface area (Å²) in [6.07, 6.45) is 0.122. The second-order valence-electron chi connectivity index (χ2n) is 7.06. The lowest BCUT2D eigenvalue weighted by Crippen LogP contribution is -2.26. The van der Waals surface area contributed by atoms with Crippen LogP contribution >= 0.6 is 11.3 Å². The predicted octanol–water partition coefficient (Wildman–Crippen LogP) is 5.01. The fourth-order valence-corrected chi connectivity index (χ4v) is 3.40. The molecule has 0 radical (unpaired) electrons. The molecule has 1 heterocycles. The molecular formula is C23H26N2O4S. The second-order valence-corrected chi connectivity index (χ2v) is 7.78. The van der Waals surface area contributed by atoms with Crippen molar-refractivity contribution >= 4 is 17.2 Å². The Bertz CT molecular complexity index is 956. The summed E-state index contributed by atoms with van der Waals surface area (Å²) in [6.45, 7) is 6.26. The van der Waals surface area contributed by atoms with Crippen molar-refractivity contribution in [3.05, 3.63) is 70.2 Å². The van der Waals surface area contributed by atoms with Crippen LogP contribution < -0.4 is 19.5 Å². The lowest BCUT2D eigenvalue weighted by atomic mass is 10.1. The Balaban J connectivity index is 1.64. The monoisotopic (exact) mass is 426 g/mol. The number of carbonyl (C=O) groups excluding carboxylic acids is 1. The molecule has 0 aliphatic carbocycles. The highest BCUT2D eigenvalue weighted by molar-refractivity contribution is 7.07. The average molecular weight is 427 g/mol.